The molecule has 39 heavy (non-hydrogen) atoms. The van der Waals surface area contributed by atoms with Gasteiger partial charge in [-0.3, -0.25) is 5.73 Å². The molecule has 208 valence electrons. The predicted molar refractivity (Wildman–Crippen MR) is 165 cm³/mol. The lowest BCUT2D eigenvalue weighted by atomic mass is 9.89. The first kappa shape index (κ1) is 29.0. The number of hydrogen-bond acceptors (Lipinski definition) is 3. The number of rotatable bonds is 17. The molecule has 0 bridgehead atoms. The Hall–Kier alpha value is -2.98. The van der Waals surface area contributed by atoms with Crippen LogP contribution in [0.4, 0.5) is 0 Å². The summed E-state index contributed by atoms with van der Waals surface area (Å²) in [5.74, 6) is 0. The first-order valence-corrected chi connectivity index (χ1v) is 15.5. The molecule has 0 amide bonds. The van der Waals surface area contributed by atoms with Crippen molar-refractivity contribution >= 4 is 11.0 Å². The topological polar surface area (TPSA) is 56.7 Å². The minimum Gasteiger partial charge on any atom is -0.299 e. The molecule has 0 spiro atoms. The van der Waals surface area contributed by atoms with Crippen molar-refractivity contribution in [2.24, 2.45) is 5.73 Å². The Balaban J connectivity index is 1.53. The monoisotopic (exact) mass is 524 g/mol. The lowest BCUT2D eigenvalue weighted by molar-refractivity contribution is 0.404. The van der Waals surface area contributed by atoms with Gasteiger partial charge in [-0.25, -0.2) is 4.68 Å². The molecular weight excluding hydrogens is 476 g/mol. The minimum atomic E-state index is -0.951. The van der Waals surface area contributed by atoms with Crippen molar-refractivity contribution in [3.63, 3.8) is 0 Å². The van der Waals surface area contributed by atoms with E-state index in [-0.39, 0.29) is 0 Å². The summed E-state index contributed by atoms with van der Waals surface area (Å²) >= 11 is 0. The lowest BCUT2D eigenvalue weighted by Crippen LogP contribution is -2.46. The second-order valence-corrected chi connectivity index (χ2v) is 11.2. The quantitative estimate of drug-likeness (QED) is 0.140. The van der Waals surface area contributed by atoms with Crippen molar-refractivity contribution in [3.05, 3.63) is 95.1 Å². The Morgan fingerprint density at radius 3 is 1.56 bits per heavy atom. The third-order valence-corrected chi connectivity index (χ3v) is 8.11. The average molecular weight is 525 g/mol. The Labute approximate surface area is 236 Å². The summed E-state index contributed by atoms with van der Waals surface area (Å²) in [7, 11) is 0. The third-order valence-electron chi connectivity index (χ3n) is 8.11. The molecule has 4 nitrogen and oxygen atoms in total. The molecule has 3 aromatic carbocycles. The molecular formula is C35H48N4. The molecule has 2 N–H and O–H groups in total. The third kappa shape index (κ3) is 7.57. The highest BCUT2D eigenvalue weighted by Crippen LogP contribution is 2.32. The lowest BCUT2D eigenvalue weighted by Gasteiger charge is -2.31. The molecule has 0 saturated carbocycles. The predicted octanol–water partition coefficient (Wildman–Crippen LogP) is 8.95. The average Bonchev–Trinajstić information content (AvgIpc) is 3.42. The van der Waals surface area contributed by atoms with E-state index in [4.69, 9.17) is 5.73 Å². The van der Waals surface area contributed by atoms with E-state index in [0.717, 1.165) is 35.0 Å². The number of fused-ring (bicyclic) bond motifs is 1. The van der Waals surface area contributed by atoms with Gasteiger partial charge in [0.25, 0.3) is 0 Å². The fourth-order valence-electron chi connectivity index (χ4n) is 5.61. The maximum Gasteiger partial charge on any atom is 0.164 e. The van der Waals surface area contributed by atoms with Gasteiger partial charge in [-0.05, 0) is 60.1 Å². The van der Waals surface area contributed by atoms with Gasteiger partial charge in [0.05, 0.1) is 5.52 Å². The molecule has 4 rings (SSSR count). The molecule has 0 aliphatic rings. The smallest absolute Gasteiger partial charge is 0.164 e. The molecule has 0 atom stereocenters. The maximum atomic E-state index is 7.37. The molecule has 0 aliphatic carbocycles. The summed E-state index contributed by atoms with van der Waals surface area (Å²) < 4.78 is 1.90. The molecule has 0 fully saturated rings. The van der Waals surface area contributed by atoms with Crippen molar-refractivity contribution in [2.75, 3.05) is 0 Å². The van der Waals surface area contributed by atoms with Crippen molar-refractivity contribution in [3.8, 4) is 0 Å². The van der Waals surface area contributed by atoms with E-state index in [1.807, 2.05) is 22.9 Å². The Bertz CT molecular complexity index is 1180. The summed E-state index contributed by atoms with van der Waals surface area (Å²) in [6, 6.07) is 25.8. The van der Waals surface area contributed by atoms with Gasteiger partial charge in [-0.2, -0.15) is 0 Å². The highest BCUT2D eigenvalue weighted by atomic mass is 15.5. The van der Waals surface area contributed by atoms with Crippen LogP contribution in [0.3, 0.4) is 0 Å². The fraction of sp³-hybridized carbons (Fsp3) is 0.486. The normalized spacial score (nSPS) is 11.9. The zero-order valence-corrected chi connectivity index (χ0v) is 24.2. The van der Waals surface area contributed by atoms with Gasteiger partial charge in [-0.15, -0.1) is 5.10 Å². The van der Waals surface area contributed by atoms with Crippen LogP contribution in [0.2, 0.25) is 0 Å². The number of aryl methyl sites for hydroxylation is 2. The number of hydrogen-bond donors (Lipinski definition) is 1. The number of nitrogens with zero attached hydrogens (tertiary/aromatic N) is 3. The zero-order chi connectivity index (χ0) is 27.3. The summed E-state index contributed by atoms with van der Waals surface area (Å²) in [6.07, 6.45) is 18.0. The number of para-hydroxylation sites is 1. The number of unbranched alkanes of at least 4 members (excludes halogenated alkanes) is 10. The van der Waals surface area contributed by atoms with Crippen LogP contribution in [0.15, 0.2) is 72.8 Å². The molecule has 4 heteroatoms. The van der Waals surface area contributed by atoms with Crippen LogP contribution in [-0.4, -0.2) is 15.0 Å². The molecule has 1 aromatic heterocycles. The molecule has 1 heterocycles. The van der Waals surface area contributed by atoms with Gasteiger partial charge in [0, 0.05) is 0 Å². The highest BCUT2D eigenvalue weighted by Gasteiger charge is 2.34. The van der Waals surface area contributed by atoms with Crippen LogP contribution in [-0.2, 0) is 18.5 Å². The molecule has 0 radical (unpaired) electrons. The first-order chi connectivity index (χ1) is 19.2. The van der Waals surface area contributed by atoms with Gasteiger partial charge in [0.1, 0.15) is 5.52 Å². The number of aromatic nitrogens is 3. The van der Waals surface area contributed by atoms with Crippen LogP contribution < -0.4 is 5.73 Å². The molecule has 0 unspecified atom stereocenters. The van der Waals surface area contributed by atoms with E-state index in [2.05, 4.69) is 78.8 Å². The minimum absolute atomic E-state index is 0.853. The van der Waals surface area contributed by atoms with Crippen molar-refractivity contribution in [1.29, 1.82) is 0 Å². The van der Waals surface area contributed by atoms with E-state index in [1.165, 1.54) is 88.2 Å². The fourth-order valence-corrected chi connectivity index (χ4v) is 5.61. The van der Waals surface area contributed by atoms with Gasteiger partial charge in [0.2, 0.25) is 0 Å². The summed E-state index contributed by atoms with van der Waals surface area (Å²) in [5, 5.41) is 9.02. The largest absolute Gasteiger partial charge is 0.299 e. The van der Waals surface area contributed by atoms with E-state index in [9.17, 15) is 0 Å². The van der Waals surface area contributed by atoms with Gasteiger partial charge in [0.15, 0.2) is 5.66 Å². The van der Waals surface area contributed by atoms with Crippen molar-refractivity contribution in [1.82, 2.24) is 15.0 Å². The van der Waals surface area contributed by atoms with E-state index in [0.29, 0.717) is 0 Å². The van der Waals surface area contributed by atoms with Gasteiger partial charge >= 0.3 is 0 Å². The van der Waals surface area contributed by atoms with Crippen molar-refractivity contribution in [2.45, 2.75) is 109 Å². The first-order valence-electron chi connectivity index (χ1n) is 15.5. The summed E-state index contributed by atoms with van der Waals surface area (Å²) in [6.45, 7) is 4.54. The number of nitrogens with two attached hydrogens (primary N) is 1. The zero-order valence-electron chi connectivity index (χ0n) is 24.2. The summed E-state index contributed by atoms with van der Waals surface area (Å²) in [4.78, 5) is 0. The maximum absolute atomic E-state index is 7.37. The van der Waals surface area contributed by atoms with Crippen LogP contribution >= 0.6 is 0 Å². The highest BCUT2D eigenvalue weighted by molar-refractivity contribution is 5.74. The van der Waals surface area contributed by atoms with E-state index >= 15 is 0 Å². The molecule has 4 aromatic rings. The Morgan fingerprint density at radius 1 is 0.590 bits per heavy atom. The van der Waals surface area contributed by atoms with Crippen LogP contribution in [0.25, 0.3) is 11.0 Å². The van der Waals surface area contributed by atoms with Gasteiger partial charge in [-0.1, -0.05) is 144 Å². The standard InChI is InChI=1S/C35H48N4/c1-3-5-7-9-11-13-17-29-21-25-31(26-22-29)35(36,39-34-20-16-15-19-33(34)37-38-39)32-27-23-30(24-28-32)18-14-12-10-8-6-4-2/h15-16,19-28H,3-14,17-18,36H2,1-2H3. The Kier molecular flexibility index (Phi) is 11.1. The second kappa shape index (κ2) is 15.0. The van der Waals surface area contributed by atoms with Crippen LogP contribution in [0, 0.1) is 0 Å². The van der Waals surface area contributed by atoms with E-state index in [1.54, 1.807) is 0 Å². The number of benzene rings is 3. The summed E-state index contributed by atoms with van der Waals surface area (Å²) in [5.41, 5.74) is 13.0. The second-order valence-electron chi connectivity index (χ2n) is 11.2. The molecule has 0 aliphatic heterocycles. The molecule has 0 saturated heterocycles. The Morgan fingerprint density at radius 2 is 1.05 bits per heavy atom. The van der Waals surface area contributed by atoms with Crippen LogP contribution in [0.1, 0.15) is 113 Å². The van der Waals surface area contributed by atoms with Crippen LogP contribution in [0.5, 0.6) is 0 Å². The van der Waals surface area contributed by atoms with Crippen molar-refractivity contribution < 1.29 is 0 Å². The van der Waals surface area contributed by atoms with E-state index < -0.39 is 5.66 Å². The van der Waals surface area contributed by atoms with Gasteiger partial charge < -0.3 is 0 Å². The SMILES string of the molecule is CCCCCCCCc1ccc(C(N)(c2ccc(CCCCCCCC)cc2)n2nnc3ccccc32)cc1.